The van der Waals surface area contributed by atoms with Gasteiger partial charge < -0.3 is 5.32 Å². The first-order valence-corrected chi connectivity index (χ1v) is 9.28. The third-order valence-corrected chi connectivity index (χ3v) is 5.67. The molecule has 0 spiro atoms. The van der Waals surface area contributed by atoms with Gasteiger partial charge in [-0.25, -0.2) is 0 Å². The maximum atomic E-state index is 13.0. The lowest BCUT2D eigenvalue weighted by Crippen LogP contribution is -2.39. The van der Waals surface area contributed by atoms with Crippen molar-refractivity contribution >= 4 is 23.2 Å². The van der Waals surface area contributed by atoms with E-state index in [-0.39, 0.29) is 22.9 Å². The summed E-state index contributed by atoms with van der Waals surface area (Å²) >= 11 is 6.21. The van der Waals surface area contributed by atoms with Crippen molar-refractivity contribution in [2.24, 2.45) is 5.41 Å². The monoisotopic (exact) mass is 355 g/mol. The highest BCUT2D eigenvalue weighted by atomic mass is 35.5. The fourth-order valence-electron chi connectivity index (χ4n) is 4.46. The largest absolute Gasteiger partial charge is 0.362 e. The molecule has 1 atom stereocenters. The second-order valence-electron chi connectivity index (χ2n) is 8.12. The predicted molar refractivity (Wildman–Crippen MR) is 98.3 cm³/mol. The van der Waals surface area contributed by atoms with Crippen molar-refractivity contribution in [2.45, 2.75) is 51.9 Å². The van der Waals surface area contributed by atoms with E-state index in [9.17, 15) is 9.59 Å². The second kappa shape index (κ2) is 5.84. The van der Waals surface area contributed by atoms with Gasteiger partial charge in [0.1, 0.15) is 0 Å². The zero-order chi connectivity index (χ0) is 17.8. The number of dihydropyridines is 1. The average molecular weight is 356 g/mol. The number of Topliss-reactive ketones (excluding diaryl/α,β-unsaturated/α-hetero) is 2. The van der Waals surface area contributed by atoms with E-state index in [1.54, 1.807) is 0 Å². The maximum absolute atomic E-state index is 13.0. The van der Waals surface area contributed by atoms with Gasteiger partial charge in [0.15, 0.2) is 11.6 Å². The molecular formula is C21H22ClNO2. The van der Waals surface area contributed by atoms with Crippen LogP contribution in [0.15, 0.2) is 46.8 Å². The van der Waals surface area contributed by atoms with Crippen LogP contribution >= 0.6 is 11.6 Å². The summed E-state index contributed by atoms with van der Waals surface area (Å²) < 4.78 is 0. The van der Waals surface area contributed by atoms with Crippen molar-refractivity contribution in [3.05, 3.63) is 57.4 Å². The lowest BCUT2D eigenvalue weighted by atomic mass is 9.67. The molecule has 1 aromatic carbocycles. The van der Waals surface area contributed by atoms with Crippen molar-refractivity contribution in [3.63, 3.8) is 0 Å². The van der Waals surface area contributed by atoms with Crippen molar-refractivity contribution in [3.8, 4) is 0 Å². The van der Waals surface area contributed by atoms with E-state index in [0.717, 1.165) is 47.4 Å². The van der Waals surface area contributed by atoms with E-state index in [2.05, 4.69) is 19.2 Å². The third kappa shape index (κ3) is 2.85. The van der Waals surface area contributed by atoms with Crippen LogP contribution in [0.3, 0.4) is 0 Å². The minimum Gasteiger partial charge on any atom is -0.362 e. The van der Waals surface area contributed by atoms with Gasteiger partial charge in [0.05, 0.1) is 0 Å². The Hall–Kier alpha value is -1.87. The Morgan fingerprint density at radius 1 is 1.04 bits per heavy atom. The van der Waals surface area contributed by atoms with Crippen LogP contribution in [0.4, 0.5) is 0 Å². The molecule has 1 aliphatic heterocycles. The first-order valence-electron chi connectivity index (χ1n) is 8.91. The molecule has 0 amide bonds. The summed E-state index contributed by atoms with van der Waals surface area (Å²) in [5.74, 6) is 0.0258. The topological polar surface area (TPSA) is 46.2 Å². The van der Waals surface area contributed by atoms with Crippen LogP contribution in [0.2, 0.25) is 5.02 Å². The van der Waals surface area contributed by atoms with Crippen LogP contribution in [0.1, 0.15) is 57.4 Å². The Morgan fingerprint density at radius 2 is 1.80 bits per heavy atom. The van der Waals surface area contributed by atoms with E-state index >= 15 is 0 Å². The summed E-state index contributed by atoms with van der Waals surface area (Å²) in [6.07, 6.45) is 3.63. The first-order chi connectivity index (χ1) is 11.9. The molecule has 1 N–H and O–H groups in total. The molecule has 2 aliphatic carbocycles. The van der Waals surface area contributed by atoms with Crippen LogP contribution in [0.25, 0.3) is 0 Å². The molecule has 0 saturated heterocycles. The molecule has 25 heavy (non-hydrogen) atoms. The van der Waals surface area contributed by atoms with Crippen molar-refractivity contribution in [2.75, 3.05) is 0 Å². The highest BCUT2D eigenvalue weighted by molar-refractivity contribution is 6.30. The van der Waals surface area contributed by atoms with Crippen LogP contribution in [0, 0.1) is 5.41 Å². The summed E-state index contributed by atoms with van der Waals surface area (Å²) in [7, 11) is 0. The zero-order valence-corrected chi connectivity index (χ0v) is 15.4. The Bertz CT molecular complexity index is 847. The second-order valence-corrected chi connectivity index (χ2v) is 8.55. The van der Waals surface area contributed by atoms with Gasteiger partial charge in [-0.1, -0.05) is 37.6 Å². The third-order valence-electron chi connectivity index (χ3n) is 5.44. The molecule has 3 nitrogen and oxygen atoms in total. The lowest BCUT2D eigenvalue weighted by Gasteiger charge is -2.41. The van der Waals surface area contributed by atoms with Crippen LogP contribution < -0.4 is 5.32 Å². The Balaban J connectivity index is 1.92. The smallest absolute Gasteiger partial charge is 0.162 e. The molecule has 4 rings (SSSR count). The number of rotatable bonds is 1. The number of nitrogens with one attached hydrogen (secondary N) is 1. The molecule has 0 bridgehead atoms. The number of carbonyl (C=O) groups is 2. The number of ketones is 2. The highest BCUT2D eigenvalue weighted by Crippen LogP contribution is 2.48. The van der Waals surface area contributed by atoms with Crippen LogP contribution in [0.5, 0.6) is 0 Å². The molecule has 1 heterocycles. The molecular weight excluding hydrogens is 334 g/mol. The van der Waals surface area contributed by atoms with E-state index < -0.39 is 0 Å². The molecule has 0 radical (unpaired) electrons. The number of hydrogen-bond acceptors (Lipinski definition) is 3. The quantitative estimate of drug-likeness (QED) is 0.795. The fraction of sp³-hybridized carbons (Fsp3) is 0.429. The Labute approximate surface area is 153 Å². The summed E-state index contributed by atoms with van der Waals surface area (Å²) in [6.45, 7) is 4.25. The summed E-state index contributed by atoms with van der Waals surface area (Å²) in [5.41, 5.74) is 4.44. The molecule has 3 aliphatic rings. The van der Waals surface area contributed by atoms with Gasteiger partial charge in [0, 0.05) is 46.3 Å². The number of carbonyl (C=O) groups excluding carboxylic acids is 2. The van der Waals surface area contributed by atoms with Gasteiger partial charge in [-0.05, 0) is 42.4 Å². The van der Waals surface area contributed by atoms with Crippen LogP contribution in [-0.4, -0.2) is 11.6 Å². The minimum absolute atomic E-state index is 0.0570. The van der Waals surface area contributed by atoms with Gasteiger partial charge in [0.25, 0.3) is 0 Å². The minimum atomic E-state index is -0.277. The average Bonchev–Trinajstić information content (AvgIpc) is 2.52. The molecule has 4 heteroatoms. The Kier molecular flexibility index (Phi) is 3.88. The van der Waals surface area contributed by atoms with Crippen molar-refractivity contribution in [1.29, 1.82) is 0 Å². The van der Waals surface area contributed by atoms with E-state index in [4.69, 9.17) is 11.6 Å². The number of hydrogen-bond donors (Lipinski definition) is 1. The van der Waals surface area contributed by atoms with Gasteiger partial charge >= 0.3 is 0 Å². The highest BCUT2D eigenvalue weighted by Gasteiger charge is 2.43. The molecule has 1 unspecified atom stereocenters. The fourth-order valence-corrected chi connectivity index (χ4v) is 4.65. The van der Waals surface area contributed by atoms with Crippen LogP contribution in [-0.2, 0) is 9.59 Å². The molecule has 1 aromatic rings. The standard InChI is InChI=1S/C21H22ClNO2/c1-21(2)10-15-20(17(25)11-21)18(12-5-3-6-13(22)9-12)19-14(23-15)7-4-8-16(19)24/h3,5-6,9,18,23H,4,7-8,10-11H2,1-2H3. The summed E-state index contributed by atoms with van der Waals surface area (Å²) in [4.78, 5) is 25.8. The van der Waals surface area contributed by atoms with E-state index in [0.29, 0.717) is 17.9 Å². The Morgan fingerprint density at radius 3 is 2.56 bits per heavy atom. The molecule has 0 saturated carbocycles. The zero-order valence-electron chi connectivity index (χ0n) is 14.6. The van der Waals surface area contributed by atoms with Crippen molar-refractivity contribution in [1.82, 2.24) is 5.32 Å². The summed E-state index contributed by atoms with van der Waals surface area (Å²) in [6, 6.07) is 7.59. The lowest BCUT2D eigenvalue weighted by molar-refractivity contribution is -0.118. The van der Waals surface area contributed by atoms with Gasteiger partial charge in [-0.3, -0.25) is 9.59 Å². The van der Waals surface area contributed by atoms with E-state index in [1.807, 2.05) is 24.3 Å². The predicted octanol–water partition coefficient (Wildman–Crippen LogP) is 4.68. The molecule has 0 aromatic heterocycles. The molecule has 130 valence electrons. The van der Waals surface area contributed by atoms with Gasteiger partial charge in [-0.2, -0.15) is 0 Å². The summed E-state index contributed by atoms with van der Waals surface area (Å²) in [5, 5.41) is 4.10. The van der Waals surface area contributed by atoms with Crippen molar-refractivity contribution < 1.29 is 9.59 Å². The SMILES string of the molecule is CC1(C)CC(=O)C2=C(C1)NC1=C(C(=O)CCC1)C2c1cccc(Cl)c1. The van der Waals surface area contributed by atoms with E-state index in [1.165, 1.54) is 0 Å². The molecule has 0 fully saturated rings. The number of allylic oxidation sites excluding steroid dienone is 4. The number of benzene rings is 1. The van der Waals surface area contributed by atoms with Gasteiger partial charge in [0.2, 0.25) is 0 Å². The maximum Gasteiger partial charge on any atom is 0.162 e. The first kappa shape index (κ1) is 16.6. The number of halogens is 1. The normalized spacial score (nSPS) is 25.5. The van der Waals surface area contributed by atoms with Gasteiger partial charge in [-0.15, -0.1) is 0 Å².